The van der Waals surface area contributed by atoms with Crippen molar-refractivity contribution in [2.24, 2.45) is 5.41 Å². The lowest BCUT2D eigenvalue weighted by atomic mass is 9.89. The lowest BCUT2D eigenvalue weighted by molar-refractivity contribution is -0.124. The number of carbonyl (C=O) groups is 1. The van der Waals surface area contributed by atoms with Gasteiger partial charge in [0.2, 0.25) is 5.91 Å². The van der Waals surface area contributed by atoms with E-state index >= 15 is 0 Å². The molecule has 3 nitrogen and oxygen atoms in total. The molecule has 1 atom stereocenters. The Morgan fingerprint density at radius 1 is 1.20 bits per heavy atom. The maximum atomic E-state index is 12.0. The van der Waals surface area contributed by atoms with Crippen LogP contribution in [0.2, 0.25) is 0 Å². The highest BCUT2D eigenvalue weighted by molar-refractivity contribution is 5.76. The summed E-state index contributed by atoms with van der Waals surface area (Å²) >= 11 is 0. The molecule has 0 fully saturated rings. The van der Waals surface area contributed by atoms with Crippen LogP contribution in [-0.4, -0.2) is 19.6 Å². The molecule has 1 rings (SSSR count). The van der Waals surface area contributed by atoms with Crippen molar-refractivity contribution >= 4 is 5.91 Å². The van der Waals surface area contributed by atoms with Crippen molar-refractivity contribution in [3.05, 3.63) is 35.9 Å². The minimum Gasteiger partial charge on any atom is -0.372 e. The summed E-state index contributed by atoms with van der Waals surface area (Å²) in [6.45, 7) is 8.76. The summed E-state index contributed by atoms with van der Waals surface area (Å²) in [6, 6.07) is 10.1. The minimum absolute atomic E-state index is 0.00121. The summed E-state index contributed by atoms with van der Waals surface area (Å²) in [7, 11) is 1.70. The molecule has 112 valence electrons. The molecule has 1 aromatic rings. The quantitative estimate of drug-likeness (QED) is 0.864. The van der Waals surface area contributed by atoms with E-state index < -0.39 is 5.60 Å². The molecule has 0 saturated carbocycles. The molecule has 0 aliphatic rings. The van der Waals surface area contributed by atoms with Crippen LogP contribution >= 0.6 is 0 Å². The summed E-state index contributed by atoms with van der Waals surface area (Å²) in [4.78, 5) is 12.0. The second kappa shape index (κ2) is 6.89. The van der Waals surface area contributed by atoms with E-state index in [9.17, 15) is 4.79 Å². The number of amides is 1. The Labute approximate surface area is 122 Å². The van der Waals surface area contributed by atoms with Crippen LogP contribution in [0.4, 0.5) is 0 Å². The highest BCUT2D eigenvalue weighted by atomic mass is 16.5. The van der Waals surface area contributed by atoms with Crippen LogP contribution in [0.15, 0.2) is 30.3 Å². The largest absolute Gasteiger partial charge is 0.372 e. The number of carbonyl (C=O) groups excluding carboxylic acids is 1. The van der Waals surface area contributed by atoms with Crippen LogP contribution in [0, 0.1) is 5.41 Å². The van der Waals surface area contributed by atoms with Crippen LogP contribution in [0.25, 0.3) is 0 Å². The third-order valence-electron chi connectivity index (χ3n) is 3.52. The van der Waals surface area contributed by atoms with E-state index in [1.807, 2.05) is 30.3 Å². The van der Waals surface area contributed by atoms with Gasteiger partial charge in [-0.15, -0.1) is 0 Å². The molecule has 1 amide bonds. The molecule has 0 bridgehead atoms. The molecule has 3 heteroatoms. The van der Waals surface area contributed by atoms with Gasteiger partial charge < -0.3 is 10.1 Å². The van der Waals surface area contributed by atoms with Crippen molar-refractivity contribution < 1.29 is 9.53 Å². The van der Waals surface area contributed by atoms with E-state index in [4.69, 9.17) is 4.74 Å². The molecule has 0 aliphatic carbocycles. The molecule has 1 N–H and O–H groups in total. The molecular formula is C17H27NO2. The standard InChI is InChI=1S/C17H27NO2/c1-6-17(20-5,14-10-8-7-9-11-14)13-18-15(19)12-16(2,3)4/h7-11H,6,12-13H2,1-5H3,(H,18,19). The lowest BCUT2D eigenvalue weighted by Gasteiger charge is -2.32. The predicted octanol–water partition coefficient (Wildman–Crippen LogP) is 3.49. The summed E-state index contributed by atoms with van der Waals surface area (Å²) in [6.07, 6.45) is 1.33. The maximum absolute atomic E-state index is 12.0. The fraction of sp³-hybridized carbons (Fsp3) is 0.588. The van der Waals surface area contributed by atoms with E-state index in [0.717, 1.165) is 12.0 Å². The van der Waals surface area contributed by atoms with Crippen LogP contribution in [-0.2, 0) is 15.1 Å². The highest BCUT2D eigenvalue weighted by Crippen LogP contribution is 2.28. The zero-order valence-electron chi connectivity index (χ0n) is 13.3. The van der Waals surface area contributed by atoms with E-state index in [-0.39, 0.29) is 11.3 Å². The Balaban J connectivity index is 2.76. The molecule has 1 unspecified atom stereocenters. The van der Waals surface area contributed by atoms with E-state index in [1.165, 1.54) is 0 Å². The van der Waals surface area contributed by atoms with Gasteiger partial charge >= 0.3 is 0 Å². The molecule has 0 saturated heterocycles. The number of methoxy groups -OCH3 is 1. The third-order valence-corrected chi connectivity index (χ3v) is 3.52. The van der Waals surface area contributed by atoms with Crippen molar-refractivity contribution in [2.75, 3.05) is 13.7 Å². The van der Waals surface area contributed by atoms with E-state index in [1.54, 1.807) is 7.11 Å². The Morgan fingerprint density at radius 2 is 1.80 bits per heavy atom. The van der Waals surface area contributed by atoms with Gasteiger partial charge in [0.05, 0.1) is 6.54 Å². The monoisotopic (exact) mass is 277 g/mol. The van der Waals surface area contributed by atoms with Gasteiger partial charge in [0.1, 0.15) is 5.60 Å². The molecule has 0 radical (unpaired) electrons. The molecule has 0 heterocycles. The molecule has 1 aromatic carbocycles. The van der Waals surface area contributed by atoms with Gasteiger partial charge in [0, 0.05) is 13.5 Å². The predicted molar refractivity (Wildman–Crippen MR) is 82.5 cm³/mol. The van der Waals surface area contributed by atoms with Crippen LogP contribution < -0.4 is 5.32 Å². The van der Waals surface area contributed by atoms with E-state index in [0.29, 0.717) is 13.0 Å². The van der Waals surface area contributed by atoms with Gasteiger partial charge in [-0.05, 0) is 17.4 Å². The van der Waals surface area contributed by atoms with E-state index in [2.05, 4.69) is 33.0 Å². The number of hydrogen-bond donors (Lipinski definition) is 1. The topological polar surface area (TPSA) is 38.3 Å². The van der Waals surface area contributed by atoms with Gasteiger partial charge in [-0.3, -0.25) is 4.79 Å². The first-order valence-corrected chi connectivity index (χ1v) is 7.20. The smallest absolute Gasteiger partial charge is 0.220 e. The van der Waals surface area contributed by atoms with Crippen molar-refractivity contribution in [2.45, 2.75) is 46.1 Å². The summed E-state index contributed by atoms with van der Waals surface area (Å²) in [5, 5.41) is 3.02. The summed E-state index contributed by atoms with van der Waals surface area (Å²) in [5.74, 6) is 0.0725. The Bertz CT molecular complexity index is 416. The Morgan fingerprint density at radius 3 is 2.25 bits per heavy atom. The van der Waals surface area contributed by atoms with Crippen molar-refractivity contribution in [1.82, 2.24) is 5.32 Å². The van der Waals surface area contributed by atoms with Gasteiger partial charge in [-0.25, -0.2) is 0 Å². The average Bonchev–Trinajstić information content (AvgIpc) is 2.40. The fourth-order valence-electron chi connectivity index (χ4n) is 2.29. The first-order chi connectivity index (χ1) is 9.33. The fourth-order valence-corrected chi connectivity index (χ4v) is 2.29. The highest BCUT2D eigenvalue weighted by Gasteiger charge is 2.30. The zero-order chi connectivity index (χ0) is 15.2. The lowest BCUT2D eigenvalue weighted by Crippen LogP contribution is -2.42. The first-order valence-electron chi connectivity index (χ1n) is 7.20. The second-order valence-corrected chi connectivity index (χ2v) is 6.43. The zero-order valence-corrected chi connectivity index (χ0v) is 13.3. The number of ether oxygens (including phenoxy) is 1. The molecule has 0 aliphatic heterocycles. The Kier molecular flexibility index (Phi) is 5.75. The maximum Gasteiger partial charge on any atom is 0.220 e. The normalized spacial score (nSPS) is 14.7. The van der Waals surface area contributed by atoms with Gasteiger partial charge in [-0.1, -0.05) is 58.0 Å². The first kappa shape index (κ1) is 16.7. The third kappa shape index (κ3) is 4.64. The SMILES string of the molecule is CCC(CNC(=O)CC(C)(C)C)(OC)c1ccccc1. The van der Waals surface area contributed by atoms with Gasteiger partial charge in [0.15, 0.2) is 0 Å². The Hall–Kier alpha value is -1.35. The number of nitrogens with one attached hydrogen (secondary N) is 1. The van der Waals surface area contributed by atoms with Crippen molar-refractivity contribution in [3.8, 4) is 0 Å². The number of hydrogen-bond acceptors (Lipinski definition) is 2. The van der Waals surface area contributed by atoms with Crippen LogP contribution in [0.5, 0.6) is 0 Å². The van der Waals surface area contributed by atoms with Crippen molar-refractivity contribution in [1.29, 1.82) is 0 Å². The minimum atomic E-state index is -0.450. The molecule has 0 spiro atoms. The average molecular weight is 277 g/mol. The number of benzene rings is 1. The van der Waals surface area contributed by atoms with Crippen molar-refractivity contribution in [3.63, 3.8) is 0 Å². The second-order valence-electron chi connectivity index (χ2n) is 6.43. The molecular weight excluding hydrogens is 250 g/mol. The van der Waals surface area contributed by atoms with Crippen LogP contribution in [0.1, 0.15) is 46.1 Å². The van der Waals surface area contributed by atoms with Gasteiger partial charge in [0.25, 0.3) is 0 Å². The van der Waals surface area contributed by atoms with Gasteiger partial charge in [-0.2, -0.15) is 0 Å². The molecule has 0 aromatic heterocycles. The number of rotatable bonds is 6. The van der Waals surface area contributed by atoms with Crippen LogP contribution in [0.3, 0.4) is 0 Å². The summed E-state index contributed by atoms with van der Waals surface area (Å²) < 4.78 is 5.74. The molecule has 20 heavy (non-hydrogen) atoms. The summed E-state index contributed by atoms with van der Waals surface area (Å²) in [5.41, 5.74) is 0.647.